The van der Waals surface area contributed by atoms with E-state index in [1.54, 1.807) is 0 Å². The first kappa shape index (κ1) is 8.48. The number of nitrogens with one attached hydrogen (secondary N) is 1. The Labute approximate surface area is 73.1 Å². The van der Waals surface area contributed by atoms with E-state index in [-0.39, 0.29) is 6.10 Å². The van der Waals surface area contributed by atoms with Gasteiger partial charge in [-0.3, -0.25) is 0 Å². The largest absolute Gasteiger partial charge is 0.393 e. The van der Waals surface area contributed by atoms with Crippen molar-refractivity contribution < 1.29 is 9.84 Å². The van der Waals surface area contributed by atoms with E-state index in [1.165, 1.54) is 0 Å². The van der Waals surface area contributed by atoms with E-state index in [4.69, 9.17) is 9.84 Å². The topological polar surface area (TPSA) is 41.5 Å². The third-order valence-corrected chi connectivity index (χ3v) is 2.95. The summed E-state index contributed by atoms with van der Waals surface area (Å²) in [5.41, 5.74) is 0. The van der Waals surface area contributed by atoms with Crippen LogP contribution in [0.5, 0.6) is 0 Å². The molecule has 0 spiro atoms. The Bertz CT molecular complexity index is 149. The molecule has 2 fully saturated rings. The van der Waals surface area contributed by atoms with Crippen molar-refractivity contribution in [1.29, 1.82) is 0 Å². The van der Waals surface area contributed by atoms with Gasteiger partial charge in [-0.15, -0.1) is 0 Å². The molecule has 0 aromatic rings. The van der Waals surface area contributed by atoms with E-state index >= 15 is 0 Å². The molecule has 0 bridgehead atoms. The van der Waals surface area contributed by atoms with Crippen LogP contribution < -0.4 is 5.32 Å². The van der Waals surface area contributed by atoms with Crippen LogP contribution in [0.15, 0.2) is 0 Å². The Hall–Kier alpha value is -0.120. The molecule has 70 valence electrons. The van der Waals surface area contributed by atoms with Gasteiger partial charge in [-0.05, 0) is 25.7 Å². The standard InChI is InChI=1S/C9H17NO2/c1-6-4-10-9(5-12-6)7-2-8(11)3-7/h6-11H,2-5H2,1H3. The number of morpholine rings is 1. The highest BCUT2D eigenvalue weighted by Gasteiger charge is 2.35. The summed E-state index contributed by atoms with van der Waals surface area (Å²) in [5.74, 6) is 0.646. The lowest BCUT2D eigenvalue weighted by Gasteiger charge is -2.41. The van der Waals surface area contributed by atoms with Gasteiger partial charge in [0.25, 0.3) is 0 Å². The zero-order chi connectivity index (χ0) is 8.55. The number of ether oxygens (including phenoxy) is 1. The van der Waals surface area contributed by atoms with Crippen molar-refractivity contribution in [1.82, 2.24) is 5.32 Å². The van der Waals surface area contributed by atoms with Crippen LogP contribution in [0.4, 0.5) is 0 Å². The summed E-state index contributed by atoms with van der Waals surface area (Å²) in [6.45, 7) is 3.86. The Balaban J connectivity index is 1.75. The first-order valence-electron chi connectivity index (χ1n) is 4.78. The molecule has 2 atom stereocenters. The maximum atomic E-state index is 9.13. The van der Waals surface area contributed by atoms with Crippen LogP contribution in [0.1, 0.15) is 19.8 Å². The Kier molecular flexibility index (Phi) is 2.35. The maximum Gasteiger partial charge on any atom is 0.0672 e. The molecule has 0 aromatic carbocycles. The molecule has 2 N–H and O–H groups in total. The summed E-state index contributed by atoms with van der Waals surface area (Å²) in [7, 11) is 0. The van der Waals surface area contributed by atoms with Crippen LogP contribution >= 0.6 is 0 Å². The molecule has 1 aliphatic carbocycles. The zero-order valence-corrected chi connectivity index (χ0v) is 7.49. The first-order valence-corrected chi connectivity index (χ1v) is 4.78. The lowest BCUT2D eigenvalue weighted by molar-refractivity contribution is -0.0413. The fraction of sp³-hybridized carbons (Fsp3) is 1.00. The van der Waals surface area contributed by atoms with Gasteiger partial charge < -0.3 is 15.2 Å². The van der Waals surface area contributed by atoms with Crippen LogP contribution in [0.3, 0.4) is 0 Å². The number of aliphatic hydroxyl groups is 1. The van der Waals surface area contributed by atoms with E-state index < -0.39 is 0 Å². The summed E-state index contributed by atoms with van der Waals surface area (Å²) in [4.78, 5) is 0. The van der Waals surface area contributed by atoms with Crippen molar-refractivity contribution in [2.75, 3.05) is 13.2 Å². The highest BCUT2D eigenvalue weighted by Crippen LogP contribution is 2.31. The highest BCUT2D eigenvalue weighted by atomic mass is 16.5. The molecule has 12 heavy (non-hydrogen) atoms. The third-order valence-electron chi connectivity index (χ3n) is 2.95. The molecule has 1 aliphatic heterocycles. The summed E-state index contributed by atoms with van der Waals surface area (Å²) < 4.78 is 5.54. The zero-order valence-electron chi connectivity index (χ0n) is 7.49. The fourth-order valence-electron chi connectivity index (χ4n) is 1.96. The normalized spacial score (nSPS) is 48.5. The van der Waals surface area contributed by atoms with Gasteiger partial charge in [-0.2, -0.15) is 0 Å². The maximum absolute atomic E-state index is 9.13. The molecular formula is C9H17NO2. The van der Waals surface area contributed by atoms with E-state index in [1.807, 2.05) is 0 Å². The van der Waals surface area contributed by atoms with Gasteiger partial charge in [-0.1, -0.05) is 0 Å². The minimum Gasteiger partial charge on any atom is -0.393 e. The van der Waals surface area contributed by atoms with Crippen LogP contribution in [0.2, 0.25) is 0 Å². The van der Waals surface area contributed by atoms with E-state index in [0.29, 0.717) is 18.1 Å². The van der Waals surface area contributed by atoms with Gasteiger partial charge in [-0.25, -0.2) is 0 Å². The van der Waals surface area contributed by atoms with Gasteiger partial charge in [0.15, 0.2) is 0 Å². The number of aliphatic hydroxyl groups excluding tert-OH is 1. The molecule has 3 heteroatoms. The Morgan fingerprint density at radius 2 is 2.17 bits per heavy atom. The first-order chi connectivity index (χ1) is 5.75. The summed E-state index contributed by atoms with van der Waals surface area (Å²) in [6.07, 6.45) is 2.22. The van der Waals surface area contributed by atoms with Crippen molar-refractivity contribution >= 4 is 0 Å². The second-order valence-corrected chi connectivity index (χ2v) is 4.04. The molecule has 0 amide bonds. The highest BCUT2D eigenvalue weighted by molar-refractivity contribution is 4.89. The number of rotatable bonds is 1. The second-order valence-electron chi connectivity index (χ2n) is 4.04. The van der Waals surface area contributed by atoms with Crippen molar-refractivity contribution in [2.24, 2.45) is 5.92 Å². The monoisotopic (exact) mass is 171 g/mol. The SMILES string of the molecule is CC1CNC(C2CC(O)C2)CO1. The lowest BCUT2D eigenvalue weighted by Crippen LogP contribution is -2.53. The number of hydrogen-bond acceptors (Lipinski definition) is 3. The average molecular weight is 171 g/mol. The molecule has 1 saturated heterocycles. The second kappa shape index (κ2) is 3.32. The van der Waals surface area contributed by atoms with Gasteiger partial charge >= 0.3 is 0 Å². The van der Waals surface area contributed by atoms with Gasteiger partial charge in [0.2, 0.25) is 0 Å². The van der Waals surface area contributed by atoms with Crippen LogP contribution in [-0.4, -0.2) is 36.5 Å². The molecule has 2 aliphatic rings. The number of hydrogen-bond donors (Lipinski definition) is 2. The summed E-state index contributed by atoms with van der Waals surface area (Å²) >= 11 is 0. The molecule has 2 unspecified atom stereocenters. The molecule has 2 rings (SSSR count). The Morgan fingerprint density at radius 3 is 2.67 bits per heavy atom. The molecule has 1 saturated carbocycles. The molecule has 3 nitrogen and oxygen atoms in total. The summed E-state index contributed by atoms with van der Waals surface area (Å²) in [6, 6.07) is 0.490. The van der Waals surface area contributed by atoms with Crippen LogP contribution in [-0.2, 0) is 4.74 Å². The molecule has 0 radical (unpaired) electrons. The fourth-order valence-corrected chi connectivity index (χ4v) is 1.96. The Morgan fingerprint density at radius 1 is 1.42 bits per heavy atom. The van der Waals surface area contributed by atoms with Crippen molar-refractivity contribution in [3.63, 3.8) is 0 Å². The van der Waals surface area contributed by atoms with E-state index in [9.17, 15) is 0 Å². The predicted octanol–water partition coefficient (Wildman–Crippen LogP) is 0.134. The van der Waals surface area contributed by atoms with Crippen molar-refractivity contribution in [3.8, 4) is 0 Å². The van der Waals surface area contributed by atoms with E-state index in [0.717, 1.165) is 26.0 Å². The molecule has 1 heterocycles. The van der Waals surface area contributed by atoms with Gasteiger partial charge in [0, 0.05) is 12.6 Å². The smallest absolute Gasteiger partial charge is 0.0672 e. The summed E-state index contributed by atoms with van der Waals surface area (Å²) in [5, 5.41) is 12.6. The molecular weight excluding hydrogens is 154 g/mol. The predicted molar refractivity (Wildman–Crippen MR) is 45.9 cm³/mol. The third kappa shape index (κ3) is 1.63. The lowest BCUT2D eigenvalue weighted by atomic mass is 9.77. The quantitative estimate of drug-likeness (QED) is 0.589. The van der Waals surface area contributed by atoms with Crippen LogP contribution in [0.25, 0.3) is 0 Å². The minimum absolute atomic E-state index is 0.0452. The van der Waals surface area contributed by atoms with Crippen molar-refractivity contribution in [3.05, 3.63) is 0 Å². The van der Waals surface area contributed by atoms with Crippen LogP contribution in [0, 0.1) is 5.92 Å². The minimum atomic E-state index is -0.0452. The average Bonchev–Trinajstić information content (AvgIpc) is 2.01. The van der Waals surface area contributed by atoms with E-state index in [2.05, 4.69) is 12.2 Å². The van der Waals surface area contributed by atoms with Crippen molar-refractivity contribution in [2.45, 2.75) is 38.0 Å². The van der Waals surface area contributed by atoms with Gasteiger partial charge in [0.05, 0.1) is 18.8 Å². The molecule has 0 aromatic heterocycles. The van der Waals surface area contributed by atoms with Gasteiger partial charge in [0.1, 0.15) is 0 Å².